The molecular formula is C11H16NO4-. The molecule has 5 heteroatoms. The van der Waals surface area contributed by atoms with E-state index in [1.165, 1.54) is 4.90 Å². The summed E-state index contributed by atoms with van der Waals surface area (Å²) in [6, 6.07) is 0. The zero-order valence-electron chi connectivity index (χ0n) is 9.78. The molecule has 0 N–H and O–H groups in total. The highest BCUT2D eigenvalue weighted by Gasteiger charge is 2.24. The van der Waals surface area contributed by atoms with Crippen molar-refractivity contribution in [2.75, 3.05) is 13.1 Å². The second kappa shape index (κ2) is 4.55. The molecule has 1 heterocycles. The molecule has 0 bridgehead atoms. The highest BCUT2D eigenvalue weighted by molar-refractivity contribution is 5.86. The van der Waals surface area contributed by atoms with Crippen LogP contribution in [0, 0.1) is 0 Å². The number of rotatable bonds is 1. The van der Waals surface area contributed by atoms with Crippen LogP contribution in [0.25, 0.3) is 0 Å². The van der Waals surface area contributed by atoms with Crippen molar-refractivity contribution in [2.24, 2.45) is 0 Å². The van der Waals surface area contributed by atoms with E-state index in [2.05, 4.69) is 0 Å². The lowest BCUT2D eigenvalue weighted by Gasteiger charge is -2.30. The van der Waals surface area contributed by atoms with Crippen LogP contribution >= 0.6 is 0 Å². The van der Waals surface area contributed by atoms with Gasteiger partial charge in [-0.25, -0.2) is 4.79 Å². The van der Waals surface area contributed by atoms with E-state index in [1.54, 1.807) is 26.8 Å². The number of carboxylic acids is 1. The number of carboxylic acid groups (broad SMARTS) is 1. The van der Waals surface area contributed by atoms with Gasteiger partial charge in [-0.2, -0.15) is 0 Å². The first kappa shape index (κ1) is 12.5. The second-order valence-corrected chi connectivity index (χ2v) is 4.71. The van der Waals surface area contributed by atoms with E-state index in [-0.39, 0.29) is 12.1 Å². The Morgan fingerprint density at radius 1 is 1.44 bits per heavy atom. The van der Waals surface area contributed by atoms with Crippen LogP contribution in [0.2, 0.25) is 0 Å². The SMILES string of the molecule is CC(C)(C)OC(=O)N1CCC=C(C(=O)[O-])C1. The fourth-order valence-corrected chi connectivity index (χ4v) is 1.37. The van der Waals surface area contributed by atoms with E-state index in [9.17, 15) is 14.7 Å². The highest BCUT2D eigenvalue weighted by atomic mass is 16.6. The molecule has 1 amide bonds. The van der Waals surface area contributed by atoms with E-state index in [0.29, 0.717) is 13.0 Å². The minimum absolute atomic E-state index is 0.0528. The fraction of sp³-hybridized carbons (Fsp3) is 0.636. The Kier molecular flexibility index (Phi) is 3.57. The number of amides is 1. The lowest BCUT2D eigenvalue weighted by atomic mass is 10.1. The van der Waals surface area contributed by atoms with Crippen molar-refractivity contribution in [2.45, 2.75) is 32.8 Å². The predicted molar refractivity (Wildman–Crippen MR) is 55.5 cm³/mol. The zero-order valence-corrected chi connectivity index (χ0v) is 9.78. The van der Waals surface area contributed by atoms with Crippen LogP contribution in [0.3, 0.4) is 0 Å². The predicted octanol–water partition coefficient (Wildman–Crippen LogP) is 0.303. The van der Waals surface area contributed by atoms with Gasteiger partial charge in [-0.15, -0.1) is 0 Å². The number of carbonyl (C=O) groups is 2. The summed E-state index contributed by atoms with van der Waals surface area (Å²) in [6.45, 7) is 5.84. The van der Waals surface area contributed by atoms with Crippen LogP contribution in [-0.2, 0) is 9.53 Å². The normalized spacial score (nSPS) is 16.7. The molecule has 1 aliphatic rings. The number of carbonyl (C=O) groups excluding carboxylic acids is 2. The molecule has 1 rings (SSSR count). The molecule has 0 aromatic heterocycles. The number of aliphatic carboxylic acids is 1. The van der Waals surface area contributed by atoms with Gasteiger partial charge < -0.3 is 19.5 Å². The third kappa shape index (κ3) is 3.56. The minimum atomic E-state index is -1.23. The van der Waals surface area contributed by atoms with Crippen LogP contribution in [-0.4, -0.2) is 35.7 Å². The molecule has 90 valence electrons. The van der Waals surface area contributed by atoms with Gasteiger partial charge in [0.2, 0.25) is 0 Å². The molecule has 0 atom stereocenters. The van der Waals surface area contributed by atoms with Gasteiger partial charge in [0, 0.05) is 6.54 Å². The average molecular weight is 226 g/mol. The highest BCUT2D eigenvalue weighted by Crippen LogP contribution is 2.14. The summed E-state index contributed by atoms with van der Waals surface area (Å²) in [5, 5.41) is 10.6. The van der Waals surface area contributed by atoms with E-state index >= 15 is 0 Å². The molecule has 5 nitrogen and oxygen atoms in total. The quantitative estimate of drug-likeness (QED) is 0.645. The zero-order chi connectivity index (χ0) is 12.3. The van der Waals surface area contributed by atoms with Crippen molar-refractivity contribution in [1.82, 2.24) is 4.90 Å². The Hall–Kier alpha value is -1.52. The molecule has 0 unspecified atom stereocenters. The van der Waals surface area contributed by atoms with Crippen LogP contribution in [0.5, 0.6) is 0 Å². The standard InChI is InChI=1S/C11H17NO4/c1-11(2,3)16-10(15)12-6-4-5-8(7-12)9(13)14/h5H,4,6-7H2,1-3H3,(H,13,14)/p-1. The van der Waals surface area contributed by atoms with E-state index in [1.807, 2.05) is 0 Å². The topological polar surface area (TPSA) is 69.7 Å². The molecule has 0 saturated heterocycles. The molecule has 16 heavy (non-hydrogen) atoms. The summed E-state index contributed by atoms with van der Waals surface area (Å²) in [5.74, 6) is -1.23. The Labute approximate surface area is 94.7 Å². The van der Waals surface area contributed by atoms with Gasteiger partial charge in [-0.05, 0) is 32.8 Å². The van der Waals surface area contributed by atoms with Gasteiger partial charge in [0.25, 0.3) is 0 Å². The van der Waals surface area contributed by atoms with Crippen molar-refractivity contribution in [3.05, 3.63) is 11.6 Å². The van der Waals surface area contributed by atoms with Crippen molar-refractivity contribution in [3.63, 3.8) is 0 Å². The van der Waals surface area contributed by atoms with Crippen molar-refractivity contribution in [1.29, 1.82) is 0 Å². The maximum atomic E-state index is 11.6. The average Bonchev–Trinajstić information content (AvgIpc) is 2.15. The van der Waals surface area contributed by atoms with Crippen LogP contribution < -0.4 is 5.11 Å². The molecule has 0 aromatic rings. The summed E-state index contributed by atoms with van der Waals surface area (Å²) in [6.07, 6.45) is 1.61. The van der Waals surface area contributed by atoms with Crippen molar-refractivity contribution >= 4 is 12.1 Å². The van der Waals surface area contributed by atoms with Crippen molar-refractivity contribution < 1.29 is 19.4 Å². The third-order valence-corrected chi connectivity index (χ3v) is 2.06. The molecule has 0 fully saturated rings. The second-order valence-electron chi connectivity index (χ2n) is 4.71. The molecule has 0 spiro atoms. The van der Waals surface area contributed by atoms with Crippen LogP contribution in [0.15, 0.2) is 11.6 Å². The summed E-state index contributed by atoms with van der Waals surface area (Å²) in [5.41, 5.74) is -0.433. The smallest absolute Gasteiger partial charge is 0.410 e. The molecule has 0 saturated carbocycles. The lowest BCUT2D eigenvalue weighted by Crippen LogP contribution is -2.42. The van der Waals surface area contributed by atoms with Crippen LogP contribution in [0.4, 0.5) is 4.79 Å². The summed E-state index contributed by atoms with van der Waals surface area (Å²) >= 11 is 0. The number of ether oxygens (including phenoxy) is 1. The first-order valence-corrected chi connectivity index (χ1v) is 5.18. The summed E-state index contributed by atoms with van der Waals surface area (Å²) < 4.78 is 5.15. The molecule has 0 radical (unpaired) electrons. The number of hydrogen-bond acceptors (Lipinski definition) is 4. The Balaban J connectivity index is 2.60. The Morgan fingerprint density at radius 2 is 2.06 bits per heavy atom. The van der Waals surface area contributed by atoms with Crippen molar-refractivity contribution in [3.8, 4) is 0 Å². The maximum Gasteiger partial charge on any atom is 0.410 e. The Bertz CT molecular complexity index is 327. The molecule has 0 aromatic carbocycles. The van der Waals surface area contributed by atoms with Gasteiger partial charge in [0.05, 0.1) is 12.5 Å². The maximum absolute atomic E-state index is 11.6. The van der Waals surface area contributed by atoms with Gasteiger partial charge >= 0.3 is 6.09 Å². The third-order valence-electron chi connectivity index (χ3n) is 2.06. The van der Waals surface area contributed by atoms with Gasteiger partial charge in [-0.1, -0.05) is 6.08 Å². The summed E-state index contributed by atoms with van der Waals surface area (Å²) in [4.78, 5) is 23.7. The molecule has 0 aliphatic carbocycles. The van der Waals surface area contributed by atoms with E-state index < -0.39 is 17.7 Å². The fourth-order valence-electron chi connectivity index (χ4n) is 1.37. The van der Waals surface area contributed by atoms with E-state index in [4.69, 9.17) is 4.74 Å². The van der Waals surface area contributed by atoms with Gasteiger partial charge in [-0.3, -0.25) is 0 Å². The first-order chi connectivity index (χ1) is 7.29. The Morgan fingerprint density at radius 3 is 2.56 bits per heavy atom. The van der Waals surface area contributed by atoms with Crippen LogP contribution in [0.1, 0.15) is 27.2 Å². The lowest BCUT2D eigenvalue weighted by molar-refractivity contribution is -0.299. The van der Waals surface area contributed by atoms with Gasteiger partial charge in [0.1, 0.15) is 5.60 Å². The minimum Gasteiger partial charge on any atom is -0.545 e. The van der Waals surface area contributed by atoms with Gasteiger partial charge in [0.15, 0.2) is 0 Å². The molecule has 1 aliphatic heterocycles. The number of hydrogen-bond donors (Lipinski definition) is 0. The first-order valence-electron chi connectivity index (χ1n) is 5.18. The van der Waals surface area contributed by atoms with E-state index in [0.717, 1.165) is 0 Å². The molecular weight excluding hydrogens is 210 g/mol. The monoisotopic (exact) mass is 226 g/mol. The largest absolute Gasteiger partial charge is 0.545 e. The number of nitrogens with zero attached hydrogens (tertiary/aromatic N) is 1. The summed E-state index contributed by atoms with van der Waals surface area (Å²) in [7, 11) is 0.